The molecule has 0 fully saturated rings. The molecule has 0 saturated heterocycles. The minimum atomic E-state index is -4.41. The molecule has 4 rings (SSSR count). The van der Waals surface area contributed by atoms with Gasteiger partial charge in [-0.15, -0.1) is 0 Å². The van der Waals surface area contributed by atoms with Crippen LogP contribution in [0, 0.1) is 0 Å². The Morgan fingerprint density at radius 2 is 1.57 bits per heavy atom. The normalized spacial score (nSPS) is 13.5. The fourth-order valence-corrected chi connectivity index (χ4v) is 3.38. The zero-order valence-electron chi connectivity index (χ0n) is 16.4. The number of ether oxygens (including phenoxy) is 2. The summed E-state index contributed by atoms with van der Waals surface area (Å²) in [6.45, 7) is 0.313. The first-order valence-electron chi connectivity index (χ1n) is 9.24. The Morgan fingerprint density at radius 3 is 2.23 bits per heavy atom. The van der Waals surface area contributed by atoms with Gasteiger partial charge in [0.05, 0.1) is 43.4 Å². The highest BCUT2D eigenvalue weighted by molar-refractivity contribution is 6.09. The molecule has 0 radical (unpaired) electrons. The number of benzene rings is 3. The van der Waals surface area contributed by atoms with Crippen LogP contribution in [0.4, 0.5) is 30.2 Å². The van der Waals surface area contributed by atoms with Crippen molar-refractivity contribution in [1.82, 2.24) is 0 Å². The molecule has 0 saturated carbocycles. The summed E-state index contributed by atoms with van der Waals surface area (Å²) in [5, 5.41) is 0. The first-order valence-corrected chi connectivity index (χ1v) is 9.24. The van der Waals surface area contributed by atoms with E-state index in [4.69, 9.17) is 9.47 Å². The van der Waals surface area contributed by atoms with Crippen LogP contribution in [0.3, 0.4) is 0 Å². The second kappa shape index (κ2) is 7.74. The number of rotatable bonds is 4. The molecule has 0 bridgehead atoms. The minimum Gasteiger partial charge on any atom is -0.497 e. The Hall–Kier alpha value is -3.48. The molecule has 0 N–H and O–H groups in total. The van der Waals surface area contributed by atoms with E-state index in [0.29, 0.717) is 35.0 Å². The highest BCUT2D eigenvalue weighted by atomic mass is 19.4. The molecule has 3 aromatic carbocycles. The van der Waals surface area contributed by atoms with E-state index in [-0.39, 0.29) is 0 Å². The lowest BCUT2D eigenvalue weighted by Gasteiger charge is -2.31. The summed E-state index contributed by atoms with van der Waals surface area (Å²) in [6.07, 6.45) is -4.41. The lowest BCUT2D eigenvalue weighted by atomic mass is 10.0. The van der Waals surface area contributed by atoms with Crippen LogP contribution in [0.25, 0.3) is 0 Å². The molecule has 0 atom stereocenters. The standard InChI is InChI=1S/C23H19F3N2O2/c1-29-18-8-6-17(7-9-18)28-14-21(15-4-3-5-16(12-15)23(24,25)26)27-20-11-10-19(30-2)13-22(20)28/h3-13H,14H2,1-2H3. The lowest BCUT2D eigenvalue weighted by Crippen LogP contribution is -2.29. The van der Waals surface area contributed by atoms with E-state index in [1.807, 2.05) is 35.2 Å². The van der Waals surface area contributed by atoms with Crippen molar-refractivity contribution in [2.75, 3.05) is 25.7 Å². The summed E-state index contributed by atoms with van der Waals surface area (Å²) in [7, 11) is 3.17. The van der Waals surface area contributed by atoms with Crippen molar-refractivity contribution in [1.29, 1.82) is 0 Å². The Kier molecular flexibility index (Phi) is 5.11. The second-order valence-electron chi connectivity index (χ2n) is 6.78. The summed E-state index contributed by atoms with van der Waals surface area (Å²) in [4.78, 5) is 6.65. The Bertz CT molecular complexity index is 1090. The monoisotopic (exact) mass is 412 g/mol. The predicted octanol–water partition coefficient (Wildman–Crippen LogP) is 6.00. The molecule has 154 valence electrons. The quantitative estimate of drug-likeness (QED) is 0.527. The van der Waals surface area contributed by atoms with Crippen molar-refractivity contribution in [3.63, 3.8) is 0 Å². The van der Waals surface area contributed by atoms with E-state index in [9.17, 15) is 13.2 Å². The van der Waals surface area contributed by atoms with Crippen molar-refractivity contribution in [2.45, 2.75) is 6.18 Å². The Labute approximate surface area is 172 Å². The molecule has 30 heavy (non-hydrogen) atoms. The molecule has 3 aromatic rings. The number of halogens is 3. The maximum atomic E-state index is 13.2. The second-order valence-corrected chi connectivity index (χ2v) is 6.78. The average Bonchev–Trinajstić information content (AvgIpc) is 2.77. The number of methoxy groups -OCH3 is 2. The summed E-state index contributed by atoms with van der Waals surface area (Å²) in [6, 6.07) is 18.2. The van der Waals surface area contributed by atoms with Crippen LogP contribution in [0.5, 0.6) is 11.5 Å². The fraction of sp³-hybridized carbons (Fsp3) is 0.174. The SMILES string of the molecule is COc1ccc(N2CC(c3cccc(C(F)(F)F)c3)=Nc3ccc(OC)cc32)cc1. The van der Waals surface area contributed by atoms with Crippen molar-refractivity contribution >= 4 is 22.8 Å². The van der Waals surface area contributed by atoms with Crippen LogP contribution < -0.4 is 14.4 Å². The average molecular weight is 412 g/mol. The van der Waals surface area contributed by atoms with Gasteiger partial charge in [0.25, 0.3) is 0 Å². The van der Waals surface area contributed by atoms with Gasteiger partial charge in [-0.1, -0.05) is 12.1 Å². The van der Waals surface area contributed by atoms with Crippen LogP contribution in [0.15, 0.2) is 71.7 Å². The first-order chi connectivity index (χ1) is 14.4. The van der Waals surface area contributed by atoms with Gasteiger partial charge in [0.1, 0.15) is 11.5 Å². The largest absolute Gasteiger partial charge is 0.497 e. The fourth-order valence-electron chi connectivity index (χ4n) is 3.38. The van der Waals surface area contributed by atoms with Crippen LogP contribution in [0.2, 0.25) is 0 Å². The van der Waals surface area contributed by atoms with Crippen LogP contribution in [-0.2, 0) is 6.18 Å². The third-order valence-corrected chi connectivity index (χ3v) is 4.94. The van der Waals surface area contributed by atoms with Gasteiger partial charge in [-0.2, -0.15) is 13.2 Å². The first kappa shape index (κ1) is 19.8. The summed E-state index contributed by atoms with van der Waals surface area (Å²) >= 11 is 0. The molecular weight excluding hydrogens is 393 g/mol. The highest BCUT2D eigenvalue weighted by Gasteiger charge is 2.31. The van der Waals surface area contributed by atoms with Gasteiger partial charge in [0.15, 0.2) is 0 Å². The molecule has 0 aromatic heterocycles. The third-order valence-electron chi connectivity index (χ3n) is 4.94. The topological polar surface area (TPSA) is 34.1 Å². The molecule has 0 aliphatic carbocycles. The Morgan fingerprint density at radius 1 is 0.867 bits per heavy atom. The molecule has 0 spiro atoms. The zero-order chi connectivity index (χ0) is 21.3. The lowest BCUT2D eigenvalue weighted by molar-refractivity contribution is -0.137. The van der Waals surface area contributed by atoms with Gasteiger partial charge in [-0.25, -0.2) is 4.99 Å². The van der Waals surface area contributed by atoms with E-state index < -0.39 is 11.7 Å². The number of hydrogen-bond donors (Lipinski definition) is 0. The number of anilines is 2. The maximum absolute atomic E-state index is 13.2. The van der Waals surface area contributed by atoms with Crippen molar-refractivity contribution in [3.05, 3.63) is 77.9 Å². The highest BCUT2D eigenvalue weighted by Crippen LogP contribution is 2.41. The third kappa shape index (κ3) is 3.83. The van der Waals surface area contributed by atoms with Crippen LogP contribution >= 0.6 is 0 Å². The molecule has 4 nitrogen and oxygen atoms in total. The summed E-state index contributed by atoms with van der Waals surface area (Å²) in [5.74, 6) is 1.39. The summed E-state index contributed by atoms with van der Waals surface area (Å²) in [5.41, 5.74) is 2.63. The van der Waals surface area contributed by atoms with Gasteiger partial charge < -0.3 is 14.4 Å². The van der Waals surface area contributed by atoms with Crippen molar-refractivity contribution < 1.29 is 22.6 Å². The Balaban J connectivity index is 1.81. The number of fused-ring (bicyclic) bond motifs is 1. The molecule has 0 unspecified atom stereocenters. The van der Waals surface area contributed by atoms with E-state index in [1.54, 1.807) is 32.4 Å². The smallest absolute Gasteiger partial charge is 0.416 e. The van der Waals surface area contributed by atoms with E-state index in [1.165, 1.54) is 6.07 Å². The van der Waals surface area contributed by atoms with Gasteiger partial charge in [0.2, 0.25) is 0 Å². The zero-order valence-corrected chi connectivity index (χ0v) is 16.4. The van der Waals surface area contributed by atoms with Crippen LogP contribution in [0.1, 0.15) is 11.1 Å². The maximum Gasteiger partial charge on any atom is 0.416 e. The summed E-state index contributed by atoms with van der Waals surface area (Å²) < 4.78 is 50.2. The van der Waals surface area contributed by atoms with E-state index >= 15 is 0 Å². The van der Waals surface area contributed by atoms with E-state index in [2.05, 4.69) is 4.99 Å². The molecule has 0 amide bonds. The molecular formula is C23H19F3N2O2. The number of hydrogen-bond acceptors (Lipinski definition) is 4. The number of aliphatic imine (C=N–C) groups is 1. The molecule has 1 aliphatic heterocycles. The number of alkyl halides is 3. The molecule has 7 heteroatoms. The van der Waals surface area contributed by atoms with Gasteiger partial charge in [0, 0.05) is 11.8 Å². The van der Waals surface area contributed by atoms with Crippen molar-refractivity contribution in [3.8, 4) is 11.5 Å². The van der Waals surface area contributed by atoms with Gasteiger partial charge >= 0.3 is 6.18 Å². The van der Waals surface area contributed by atoms with Gasteiger partial charge in [-0.3, -0.25) is 0 Å². The van der Waals surface area contributed by atoms with E-state index in [0.717, 1.165) is 23.5 Å². The van der Waals surface area contributed by atoms with Crippen LogP contribution in [-0.4, -0.2) is 26.5 Å². The molecule has 1 aliphatic rings. The molecule has 1 heterocycles. The van der Waals surface area contributed by atoms with Crippen molar-refractivity contribution in [2.24, 2.45) is 4.99 Å². The number of nitrogens with zero attached hydrogens (tertiary/aromatic N) is 2. The van der Waals surface area contributed by atoms with Gasteiger partial charge in [-0.05, 0) is 54.1 Å². The predicted molar refractivity (Wildman–Crippen MR) is 111 cm³/mol. The minimum absolute atomic E-state index is 0.313.